The summed E-state index contributed by atoms with van der Waals surface area (Å²) in [4.78, 5) is 25.6. The van der Waals surface area contributed by atoms with Gasteiger partial charge in [-0.25, -0.2) is 0 Å². The van der Waals surface area contributed by atoms with Crippen molar-refractivity contribution in [2.45, 2.75) is 31.7 Å². The summed E-state index contributed by atoms with van der Waals surface area (Å²) in [5, 5.41) is 3.50. The monoisotopic (exact) mass is 368 g/mol. The average molecular weight is 369 g/mol. The van der Waals surface area contributed by atoms with E-state index in [1.54, 1.807) is 6.07 Å². The second-order valence-electron chi connectivity index (χ2n) is 6.04. The summed E-state index contributed by atoms with van der Waals surface area (Å²) in [6.07, 6.45) is 2.65. The first-order chi connectivity index (χ1) is 12.1. The predicted octanol–water partition coefficient (Wildman–Crippen LogP) is 2.25. The van der Waals surface area contributed by atoms with Crippen LogP contribution >= 0.6 is 11.6 Å². The molecule has 1 aromatic carbocycles. The van der Waals surface area contributed by atoms with Gasteiger partial charge in [-0.05, 0) is 31.4 Å². The first kappa shape index (κ1) is 19.5. The normalized spacial score (nSPS) is 15.0. The van der Waals surface area contributed by atoms with E-state index in [0.717, 1.165) is 12.8 Å². The molecule has 2 amide bonds. The van der Waals surface area contributed by atoms with Gasteiger partial charge in [0.05, 0.1) is 11.6 Å². The van der Waals surface area contributed by atoms with Crippen LogP contribution in [-0.4, -0.2) is 56.2 Å². The third kappa shape index (κ3) is 6.55. The fourth-order valence-electron chi connectivity index (χ4n) is 2.80. The fraction of sp³-hybridized carbons (Fsp3) is 0.556. The van der Waals surface area contributed by atoms with Gasteiger partial charge in [-0.2, -0.15) is 0 Å². The third-order valence-corrected chi connectivity index (χ3v) is 4.43. The van der Waals surface area contributed by atoms with Crippen LogP contribution in [0.3, 0.4) is 0 Å². The molecule has 0 bridgehead atoms. The Morgan fingerprint density at radius 1 is 1.28 bits per heavy atom. The zero-order chi connectivity index (χ0) is 18.1. The number of nitrogens with one attached hydrogen (secondary N) is 1. The number of nitrogens with zero attached hydrogens (tertiary/aromatic N) is 1. The van der Waals surface area contributed by atoms with Gasteiger partial charge in [0.15, 0.2) is 0 Å². The molecule has 1 heterocycles. The molecule has 138 valence electrons. The second-order valence-corrected chi connectivity index (χ2v) is 6.45. The number of halogens is 1. The minimum Gasteiger partial charge on any atom is -0.492 e. The largest absolute Gasteiger partial charge is 0.492 e. The maximum absolute atomic E-state index is 12.2. The second kappa shape index (κ2) is 10.3. The van der Waals surface area contributed by atoms with Gasteiger partial charge in [0.25, 0.3) is 0 Å². The topological polar surface area (TPSA) is 67.9 Å². The minimum atomic E-state index is -0.107. The van der Waals surface area contributed by atoms with Crippen molar-refractivity contribution in [1.29, 1.82) is 0 Å². The van der Waals surface area contributed by atoms with Crippen LogP contribution in [0.15, 0.2) is 24.3 Å². The Morgan fingerprint density at radius 2 is 2.00 bits per heavy atom. The molecule has 0 aromatic heterocycles. The van der Waals surface area contributed by atoms with Crippen LogP contribution in [0.4, 0.5) is 0 Å². The van der Waals surface area contributed by atoms with E-state index in [0.29, 0.717) is 43.3 Å². The quantitative estimate of drug-likeness (QED) is 0.715. The number of benzene rings is 1. The molecule has 25 heavy (non-hydrogen) atoms. The van der Waals surface area contributed by atoms with Crippen LogP contribution in [-0.2, 0) is 14.3 Å². The van der Waals surface area contributed by atoms with Gasteiger partial charge < -0.3 is 19.7 Å². The van der Waals surface area contributed by atoms with E-state index in [2.05, 4.69) is 5.32 Å². The Labute approximate surface area is 153 Å². The molecule has 1 fully saturated rings. The van der Waals surface area contributed by atoms with E-state index in [-0.39, 0.29) is 24.5 Å². The Bertz CT molecular complexity index is 574. The van der Waals surface area contributed by atoms with Crippen molar-refractivity contribution >= 4 is 23.4 Å². The molecule has 0 spiro atoms. The molecule has 1 saturated heterocycles. The van der Waals surface area contributed by atoms with Gasteiger partial charge in [-0.1, -0.05) is 23.7 Å². The first-order valence-corrected chi connectivity index (χ1v) is 8.91. The van der Waals surface area contributed by atoms with Crippen LogP contribution in [0.25, 0.3) is 0 Å². The lowest BCUT2D eigenvalue weighted by atomic mass is 10.0. The van der Waals surface area contributed by atoms with Crippen LogP contribution in [0.5, 0.6) is 5.75 Å². The predicted molar refractivity (Wildman–Crippen MR) is 95.8 cm³/mol. The SMILES string of the molecule is COCC(=O)NC1CCN(C(=O)CCCOc2ccccc2Cl)CC1. The van der Waals surface area contributed by atoms with E-state index in [1.165, 1.54) is 7.11 Å². The van der Waals surface area contributed by atoms with Crippen LogP contribution in [0.1, 0.15) is 25.7 Å². The molecule has 0 radical (unpaired) electrons. The smallest absolute Gasteiger partial charge is 0.246 e. The number of ether oxygens (including phenoxy) is 2. The number of carbonyl (C=O) groups is 2. The molecular weight excluding hydrogens is 344 g/mol. The Balaban J connectivity index is 1.62. The van der Waals surface area contributed by atoms with Gasteiger partial charge >= 0.3 is 0 Å². The zero-order valence-electron chi connectivity index (χ0n) is 14.5. The summed E-state index contributed by atoms with van der Waals surface area (Å²) in [7, 11) is 1.50. The van der Waals surface area contributed by atoms with Crippen LogP contribution in [0, 0.1) is 0 Å². The number of amides is 2. The van der Waals surface area contributed by atoms with Gasteiger partial charge in [0.1, 0.15) is 12.4 Å². The van der Waals surface area contributed by atoms with E-state index in [4.69, 9.17) is 21.1 Å². The standard InChI is InChI=1S/C18H25ClN2O4/c1-24-13-17(22)20-14-8-10-21(11-9-14)18(23)7-4-12-25-16-6-3-2-5-15(16)19/h2-3,5-6,14H,4,7-13H2,1H3,(H,20,22). The number of piperidine rings is 1. The third-order valence-electron chi connectivity index (χ3n) is 4.12. The van der Waals surface area contributed by atoms with Crippen LogP contribution in [0.2, 0.25) is 5.02 Å². The molecule has 1 N–H and O–H groups in total. The van der Waals surface area contributed by atoms with Crippen molar-refractivity contribution in [2.24, 2.45) is 0 Å². The molecule has 1 aliphatic heterocycles. The van der Waals surface area contributed by atoms with Crippen molar-refractivity contribution in [3.05, 3.63) is 29.3 Å². The number of para-hydroxylation sites is 1. The average Bonchev–Trinajstić information content (AvgIpc) is 2.61. The summed E-state index contributed by atoms with van der Waals surface area (Å²) < 4.78 is 10.4. The molecular formula is C18H25ClN2O4. The van der Waals surface area contributed by atoms with Gasteiger partial charge in [-0.3, -0.25) is 9.59 Å². The molecule has 6 nitrogen and oxygen atoms in total. The van der Waals surface area contributed by atoms with Crippen molar-refractivity contribution in [2.75, 3.05) is 33.4 Å². The van der Waals surface area contributed by atoms with E-state index < -0.39 is 0 Å². The van der Waals surface area contributed by atoms with E-state index >= 15 is 0 Å². The lowest BCUT2D eigenvalue weighted by Gasteiger charge is -2.32. The molecule has 7 heteroatoms. The zero-order valence-corrected chi connectivity index (χ0v) is 15.3. The van der Waals surface area contributed by atoms with Gasteiger partial charge in [0, 0.05) is 32.7 Å². The summed E-state index contributed by atoms with van der Waals surface area (Å²) in [6, 6.07) is 7.42. The number of carbonyl (C=O) groups excluding carboxylic acids is 2. The highest BCUT2D eigenvalue weighted by Crippen LogP contribution is 2.23. The molecule has 1 aliphatic rings. The number of methoxy groups -OCH3 is 1. The van der Waals surface area contributed by atoms with Gasteiger partial charge in [0.2, 0.25) is 11.8 Å². The van der Waals surface area contributed by atoms with Gasteiger partial charge in [-0.15, -0.1) is 0 Å². The number of hydrogen-bond donors (Lipinski definition) is 1. The maximum atomic E-state index is 12.2. The maximum Gasteiger partial charge on any atom is 0.246 e. The lowest BCUT2D eigenvalue weighted by Crippen LogP contribution is -2.47. The number of hydrogen-bond acceptors (Lipinski definition) is 4. The molecule has 0 unspecified atom stereocenters. The highest BCUT2D eigenvalue weighted by Gasteiger charge is 2.23. The van der Waals surface area contributed by atoms with Crippen molar-refractivity contribution in [1.82, 2.24) is 10.2 Å². The van der Waals surface area contributed by atoms with E-state index in [9.17, 15) is 9.59 Å². The first-order valence-electron chi connectivity index (χ1n) is 8.53. The highest BCUT2D eigenvalue weighted by molar-refractivity contribution is 6.32. The molecule has 0 atom stereocenters. The Kier molecular flexibility index (Phi) is 8.01. The summed E-state index contributed by atoms with van der Waals surface area (Å²) in [5.41, 5.74) is 0. The summed E-state index contributed by atoms with van der Waals surface area (Å²) in [5.74, 6) is 0.664. The summed E-state index contributed by atoms with van der Waals surface area (Å²) >= 11 is 6.02. The number of rotatable bonds is 8. The van der Waals surface area contributed by atoms with Crippen LogP contribution < -0.4 is 10.1 Å². The van der Waals surface area contributed by atoms with Crippen molar-refractivity contribution < 1.29 is 19.1 Å². The molecule has 0 aliphatic carbocycles. The van der Waals surface area contributed by atoms with Crippen molar-refractivity contribution in [3.8, 4) is 5.75 Å². The molecule has 1 aromatic rings. The number of likely N-dealkylation sites (tertiary alicyclic amines) is 1. The minimum absolute atomic E-state index is 0.0740. The Hall–Kier alpha value is -1.79. The molecule has 0 saturated carbocycles. The Morgan fingerprint density at radius 3 is 2.68 bits per heavy atom. The fourth-order valence-corrected chi connectivity index (χ4v) is 2.99. The van der Waals surface area contributed by atoms with Crippen molar-refractivity contribution in [3.63, 3.8) is 0 Å². The summed E-state index contributed by atoms with van der Waals surface area (Å²) in [6.45, 7) is 1.87. The molecule has 2 rings (SSSR count). The van der Waals surface area contributed by atoms with E-state index in [1.807, 2.05) is 23.1 Å². The highest BCUT2D eigenvalue weighted by atomic mass is 35.5. The lowest BCUT2D eigenvalue weighted by molar-refractivity contribution is -0.132.